The number of pyridine rings is 1. The van der Waals surface area contributed by atoms with E-state index in [4.69, 9.17) is 0 Å². The lowest BCUT2D eigenvalue weighted by atomic mass is 9.94. The van der Waals surface area contributed by atoms with Crippen LogP contribution in [0.2, 0.25) is 0 Å². The van der Waals surface area contributed by atoms with Gasteiger partial charge < -0.3 is 5.32 Å². The monoisotopic (exact) mass is 499 g/mol. The van der Waals surface area contributed by atoms with Gasteiger partial charge in [0.15, 0.2) is 0 Å². The Morgan fingerprint density at radius 1 is 0.811 bits per heavy atom. The lowest BCUT2D eigenvalue weighted by Gasteiger charge is -2.19. The smallest absolute Gasteiger partial charge is 0.133 e. The first-order chi connectivity index (χ1) is 17.7. The molecule has 0 saturated carbocycles. The molecular weight excluding hydrogens is 468 g/mol. The molecule has 0 bridgehead atoms. The lowest BCUT2D eigenvalue weighted by Crippen LogP contribution is -2.28. The molecule has 5 rings (SSSR count). The van der Waals surface area contributed by atoms with Crippen LogP contribution in [0.4, 0.5) is 8.78 Å². The summed E-state index contributed by atoms with van der Waals surface area (Å²) in [6, 6.07) is 13.9. The summed E-state index contributed by atoms with van der Waals surface area (Å²) in [5.74, 6) is -1.16. The van der Waals surface area contributed by atoms with Crippen LogP contribution in [-0.4, -0.2) is 32.5 Å². The van der Waals surface area contributed by atoms with Gasteiger partial charge in [-0.25, -0.2) is 13.3 Å². The maximum Gasteiger partial charge on any atom is 0.133 e. The number of nitrogens with zero attached hydrogens (tertiary/aromatic N) is 4. The van der Waals surface area contributed by atoms with E-state index in [-0.39, 0.29) is 5.41 Å². The maximum absolute atomic E-state index is 14.8. The van der Waals surface area contributed by atoms with Gasteiger partial charge in [-0.15, -0.1) is 0 Å². The highest BCUT2D eigenvalue weighted by atomic mass is 19.1. The molecule has 0 atom stereocenters. The number of rotatable bonds is 7. The quantitative estimate of drug-likeness (QED) is 0.259. The fraction of sp³-hybridized carbons (Fsp3) is 0.267. The molecule has 5 nitrogen and oxygen atoms in total. The van der Waals surface area contributed by atoms with Crippen LogP contribution in [-0.2, 0) is 13.5 Å². The molecule has 3 heterocycles. The van der Waals surface area contributed by atoms with E-state index in [1.165, 1.54) is 12.1 Å². The summed E-state index contributed by atoms with van der Waals surface area (Å²) in [7, 11) is 1.89. The zero-order chi connectivity index (χ0) is 26.2. The third kappa shape index (κ3) is 5.62. The Hall–Kier alpha value is -3.84. The second kappa shape index (κ2) is 9.90. The summed E-state index contributed by atoms with van der Waals surface area (Å²) in [4.78, 5) is 0. The van der Waals surface area contributed by atoms with Gasteiger partial charge in [0, 0.05) is 54.3 Å². The van der Waals surface area contributed by atoms with E-state index >= 15 is 0 Å². The first kappa shape index (κ1) is 24.8. The average molecular weight is 500 g/mol. The van der Waals surface area contributed by atoms with E-state index < -0.39 is 11.6 Å². The number of hydrogen-bond acceptors (Lipinski definition) is 3. The second-order valence-electron chi connectivity index (χ2n) is 10.7. The van der Waals surface area contributed by atoms with Gasteiger partial charge in [-0.1, -0.05) is 39.0 Å². The highest BCUT2D eigenvalue weighted by molar-refractivity contribution is 5.84. The molecule has 3 aromatic heterocycles. The molecule has 5 aromatic rings. The Morgan fingerprint density at radius 3 is 2.30 bits per heavy atom. The van der Waals surface area contributed by atoms with Gasteiger partial charge in [0.05, 0.1) is 17.9 Å². The lowest BCUT2D eigenvalue weighted by molar-refractivity contribution is 0.381. The maximum atomic E-state index is 14.8. The number of fused-ring (bicyclic) bond motifs is 1. The molecule has 190 valence electrons. The summed E-state index contributed by atoms with van der Waals surface area (Å²) in [5.41, 5.74) is 7.22. The number of hydrogen-bond donors (Lipinski definition) is 1. The first-order valence-corrected chi connectivity index (χ1v) is 12.4. The van der Waals surface area contributed by atoms with Crippen LogP contribution >= 0.6 is 0 Å². The van der Waals surface area contributed by atoms with E-state index in [0.717, 1.165) is 58.9 Å². The minimum absolute atomic E-state index is 0.190. The fourth-order valence-electron chi connectivity index (χ4n) is 4.51. The minimum atomic E-state index is -0.587. The van der Waals surface area contributed by atoms with Crippen molar-refractivity contribution in [3.05, 3.63) is 90.5 Å². The van der Waals surface area contributed by atoms with Gasteiger partial charge in [-0.2, -0.15) is 10.2 Å². The molecule has 0 aliphatic heterocycles. The van der Waals surface area contributed by atoms with Crippen LogP contribution in [0, 0.1) is 17.0 Å². The van der Waals surface area contributed by atoms with Gasteiger partial charge in [0.1, 0.15) is 11.6 Å². The van der Waals surface area contributed by atoms with E-state index in [1.807, 2.05) is 54.5 Å². The standard InChI is InChI=1S/C30H31F2N5/c1-30(2,3)19-33-10-9-20-11-22(26-7-6-25(31)14-28(26)32)13-23(12-20)27-16-35-37-18-21(5-8-29(27)37)24-15-34-36(4)17-24/h5-8,11-18,33H,9-10,19H2,1-4H3. The van der Waals surface area contributed by atoms with Gasteiger partial charge in [-0.05, 0) is 59.3 Å². The molecule has 0 aliphatic carbocycles. The van der Waals surface area contributed by atoms with Crippen molar-refractivity contribution in [3.63, 3.8) is 0 Å². The number of nitrogens with one attached hydrogen (secondary N) is 1. The van der Waals surface area contributed by atoms with E-state index in [0.29, 0.717) is 11.1 Å². The van der Waals surface area contributed by atoms with Crippen molar-refractivity contribution in [1.29, 1.82) is 0 Å². The van der Waals surface area contributed by atoms with Crippen molar-refractivity contribution in [2.45, 2.75) is 27.2 Å². The Kier molecular flexibility index (Phi) is 6.65. The van der Waals surface area contributed by atoms with Crippen molar-refractivity contribution in [1.82, 2.24) is 24.7 Å². The van der Waals surface area contributed by atoms with E-state index in [1.54, 1.807) is 4.68 Å². The summed E-state index contributed by atoms with van der Waals surface area (Å²) >= 11 is 0. The number of halogens is 2. The van der Waals surface area contributed by atoms with Crippen LogP contribution in [0.25, 0.3) is 38.9 Å². The molecule has 37 heavy (non-hydrogen) atoms. The molecule has 0 spiro atoms. The van der Waals surface area contributed by atoms with Crippen LogP contribution in [0.5, 0.6) is 0 Å². The topological polar surface area (TPSA) is 47.2 Å². The number of aryl methyl sites for hydroxylation is 1. The Labute approximate surface area is 215 Å². The van der Waals surface area contributed by atoms with Gasteiger partial charge >= 0.3 is 0 Å². The van der Waals surface area contributed by atoms with Gasteiger partial charge in [0.25, 0.3) is 0 Å². The predicted octanol–water partition coefficient (Wildman–Crippen LogP) is 6.53. The fourth-order valence-corrected chi connectivity index (χ4v) is 4.51. The average Bonchev–Trinajstić information content (AvgIpc) is 3.47. The number of aromatic nitrogens is 4. The second-order valence-corrected chi connectivity index (χ2v) is 10.7. The Balaban J connectivity index is 1.53. The van der Waals surface area contributed by atoms with E-state index in [9.17, 15) is 8.78 Å². The molecule has 0 unspecified atom stereocenters. The summed E-state index contributed by atoms with van der Waals surface area (Å²) in [5, 5.41) is 12.4. The molecule has 7 heteroatoms. The van der Waals surface area contributed by atoms with Crippen molar-refractivity contribution >= 4 is 5.52 Å². The van der Waals surface area contributed by atoms with Gasteiger partial charge in [-0.3, -0.25) is 4.68 Å². The molecule has 1 N–H and O–H groups in total. The largest absolute Gasteiger partial charge is 0.316 e. The number of benzene rings is 2. The molecule has 2 aromatic carbocycles. The van der Waals surface area contributed by atoms with Crippen LogP contribution in [0.3, 0.4) is 0 Å². The highest BCUT2D eigenvalue weighted by Gasteiger charge is 2.14. The van der Waals surface area contributed by atoms with Crippen molar-refractivity contribution in [2.75, 3.05) is 13.1 Å². The van der Waals surface area contributed by atoms with E-state index in [2.05, 4.69) is 48.4 Å². The Morgan fingerprint density at radius 2 is 1.59 bits per heavy atom. The third-order valence-electron chi connectivity index (χ3n) is 6.35. The molecule has 0 fully saturated rings. The molecule has 0 amide bonds. The minimum Gasteiger partial charge on any atom is -0.316 e. The van der Waals surface area contributed by atoms with Crippen LogP contribution < -0.4 is 5.32 Å². The molecular formula is C30H31F2N5. The summed E-state index contributed by atoms with van der Waals surface area (Å²) in [6.07, 6.45) is 8.39. The zero-order valence-corrected chi connectivity index (χ0v) is 21.6. The SMILES string of the molecule is Cn1cc(-c2ccc3c(-c4cc(CCNCC(C)(C)C)cc(-c5ccc(F)cc5F)c4)cnn3c2)cn1. The summed E-state index contributed by atoms with van der Waals surface area (Å²) in [6.45, 7) is 8.29. The van der Waals surface area contributed by atoms with Gasteiger partial charge in [0.2, 0.25) is 0 Å². The van der Waals surface area contributed by atoms with Crippen molar-refractivity contribution in [2.24, 2.45) is 12.5 Å². The molecule has 0 aliphatic rings. The molecule has 0 saturated heterocycles. The van der Waals surface area contributed by atoms with Crippen LogP contribution in [0.1, 0.15) is 26.3 Å². The zero-order valence-electron chi connectivity index (χ0n) is 21.6. The normalized spacial score (nSPS) is 11.9. The highest BCUT2D eigenvalue weighted by Crippen LogP contribution is 2.33. The van der Waals surface area contributed by atoms with Crippen molar-refractivity contribution < 1.29 is 8.78 Å². The predicted molar refractivity (Wildman–Crippen MR) is 144 cm³/mol. The van der Waals surface area contributed by atoms with Crippen LogP contribution in [0.15, 0.2) is 73.3 Å². The Bertz CT molecular complexity index is 1560. The summed E-state index contributed by atoms with van der Waals surface area (Å²) < 4.78 is 32.0. The first-order valence-electron chi connectivity index (χ1n) is 12.4. The third-order valence-corrected chi connectivity index (χ3v) is 6.35. The molecule has 0 radical (unpaired) electrons. The van der Waals surface area contributed by atoms with Crippen molar-refractivity contribution in [3.8, 4) is 33.4 Å².